The van der Waals surface area contributed by atoms with Gasteiger partial charge in [0.05, 0.1) is 20.8 Å². The van der Waals surface area contributed by atoms with E-state index in [4.69, 9.17) is 4.74 Å². The number of benzene rings is 1. The summed E-state index contributed by atoms with van der Waals surface area (Å²) in [5, 5.41) is 2.93. The number of hydrogen-bond acceptors (Lipinski definition) is 4. The summed E-state index contributed by atoms with van der Waals surface area (Å²) in [5.74, 6) is -0.129. The molecular formula is C12H16FNO3. The first kappa shape index (κ1) is 13.4. The van der Waals surface area contributed by atoms with Crippen LogP contribution >= 0.6 is 0 Å². The van der Waals surface area contributed by atoms with Gasteiger partial charge in [-0.2, -0.15) is 0 Å². The molecular weight excluding hydrogens is 225 g/mol. The Morgan fingerprint density at radius 2 is 2.18 bits per heavy atom. The van der Waals surface area contributed by atoms with Crippen LogP contribution in [0.5, 0.6) is 5.75 Å². The van der Waals surface area contributed by atoms with Crippen molar-refractivity contribution in [1.29, 1.82) is 0 Å². The average molecular weight is 241 g/mol. The molecule has 1 unspecified atom stereocenters. The number of esters is 1. The maximum absolute atomic E-state index is 13.1. The Bertz CT molecular complexity index is 395. The van der Waals surface area contributed by atoms with Gasteiger partial charge in [-0.25, -0.2) is 4.39 Å². The van der Waals surface area contributed by atoms with Crippen molar-refractivity contribution in [2.75, 3.05) is 20.8 Å². The summed E-state index contributed by atoms with van der Waals surface area (Å²) in [6.07, 6.45) is 0. The lowest BCUT2D eigenvalue weighted by Gasteiger charge is -2.16. The lowest BCUT2D eigenvalue weighted by molar-refractivity contribution is -0.139. The maximum atomic E-state index is 13.1. The third-order valence-electron chi connectivity index (χ3n) is 2.44. The van der Waals surface area contributed by atoms with Gasteiger partial charge in [-0.15, -0.1) is 0 Å². The molecule has 94 valence electrons. The number of carbonyl (C=O) groups excluding carboxylic acids is 1. The van der Waals surface area contributed by atoms with Crippen LogP contribution in [0.1, 0.15) is 18.5 Å². The van der Waals surface area contributed by atoms with Crippen LogP contribution in [0.15, 0.2) is 18.2 Å². The second-order valence-corrected chi connectivity index (χ2v) is 3.56. The Hall–Kier alpha value is -1.62. The highest BCUT2D eigenvalue weighted by atomic mass is 19.1. The summed E-state index contributed by atoms with van der Waals surface area (Å²) >= 11 is 0. The molecule has 1 atom stereocenters. The van der Waals surface area contributed by atoms with E-state index in [1.54, 1.807) is 6.07 Å². The van der Waals surface area contributed by atoms with Gasteiger partial charge < -0.3 is 14.8 Å². The Morgan fingerprint density at radius 3 is 2.76 bits per heavy atom. The largest absolute Gasteiger partial charge is 0.496 e. The highest BCUT2D eigenvalue weighted by molar-refractivity contribution is 5.71. The van der Waals surface area contributed by atoms with Gasteiger partial charge in [-0.1, -0.05) is 0 Å². The summed E-state index contributed by atoms with van der Waals surface area (Å²) in [4.78, 5) is 11.0. The number of nitrogens with one attached hydrogen (secondary N) is 1. The molecule has 0 amide bonds. The predicted octanol–water partition coefficient (Wildman–Crippen LogP) is 1.66. The Morgan fingerprint density at radius 1 is 1.47 bits per heavy atom. The molecule has 0 fully saturated rings. The zero-order chi connectivity index (χ0) is 12.8. The van der Waals surface area contributed by atoms with Crippen molar-refractivity contribution in [2.45, 2.75) is 13.0 Å². The fraction of sp³-hybridized carbons (Fsp3) is 0.417. The van der Waals surface area contributed by atoms with Gasteiger partial charge in [0.25, 0.3) is 0 Å². The van der Waals surface area contributed by atoms with Crippen LogP contribution in [0.25, 0.3) is 0 Å². The van der Waals surface area contributed by atoms with Gasteiger partial charge in [0.2, 0.25) is 0 Å². The number of methoxy groups -OCH3 is 2. The summed E-state index contributed by atoms with van der Waals surface area (Å²) in [6, 6.07) is 4.06. The van der Waals surface area contributed by atoms with Crippen molar-refractivity contribution in [3.05, 3.63) is 29.6 Å². The first-order valence-corrected chi connectivity index (χ1v) is 5.22. The van der Waals surface area contributed by atoms with E-state index in [9.17, 15) is 9.18 Å². The van der Waals surface area contributed by atoms with Crippen LogP contribution in [-0.4, -0.2) is 26.7 Å². The van der Waals surface area contributed by atoms with Crippen molar-refractivity contribution < 1.29 is 18.7 Å². The monoisotopic (exact) mass is 241 g/mol. The first-order chi connectivity index (χ1) is 8.08. The third kappa shape index (κ3) is 3.71. The van der Waals surface area contributed by atoms with Gasteiger partial charge in [0, 0.05) is 11.6 Å². The van der Waals surface area contributed by atoms with E-state index >= 15 is 0 Å². The highest BCUT2D eigenvalue weighted by Gasteiger charge is 2.13. The standard InChI is InChI=1S/C12H16FNO3/c1-8(14-7-12(15)17-3)10-6-9(13)4-5-11(10)16-2/h4-6,8,14H,7H2,1-3H3. The summed E-state index contributed by atoms with van der Waals surface area (Å²) in [6.45, 7) is 1.89. The molecule has 0 spiro atoms. The van der Waals surface area contributed by atoms with Crippen molar-refractivity contribution in [3.63, 3.8) is 0 Å². The molecule has 0 saturated carbocycles. The minimum Gasteiger partial charge on any atom is -0.496 e. The smallest absolute Gasteiger partial charge is 0.319 e. The summed E-state index contributed by atoms with van der Waals surface area (Å²) < 4.78 is 22.8. The van der Waals surface area contributed by atoms with Crippen molar-refractivity contribution in [1.82, 2.24) is 5.32 Å². The molecule has 5 heteroatoms. The summed E-state index contributed by atoms with van der Waals surface area (Å²) in [7, 11) is 2.83. The molecule has 1 aromatic rings. The number of ether oxygens (including phenoxy) is 2. The van der Waals surface area contributed by atoms with E-state index in [2.05, 4.69) is 10.1 Å². The van der Waals surface area contributed by atoms with Gasteiger partial charge in [0.15, 0.2) is 0 Å². The predicted molar refractivity (Wildman–Crippen MR) is 61.4 cm³/mol. The van der Waals surface area contributed by atoms with Crippen LogP contribution in [0.2, 0.25) is 0 Å². The molecule has 4 nitrogen and oxygen atoms in total. The Kier molecular flexibility index (Phi) is 4.90. The van der Waals surface area contributed by atoms with E-state index in [1.807, 2.05) is 6.92 Å². The average Bonchev–Trinajstić information content (AvgIpc) is 2.35. The van der Waals surface area contributed by atoms with Crippen LogP contribution in [-0.2, 0) is 9.53 Å². The quantitative estimate of drug-likeness (QED) is 0.796. The molecule has 0 aliphatic carbocycles. The molecule has 0 aromatic heterocycles. The molecule has 0 aliphatic rings. The minimum atomic E-state index is -0.368. The molecule has 0 saturated heterocycles. The second-order valence-electron chi connectivity index (χ2n) is 3.56. The number of halogens is 1. The molecule has 0 radical (unpaired) electrons. The van der Waals surface area contributed by atoms with Crippen molar-refractivity contribution >= 4 is 5.97 Å². The first-order valence-electron chi connectivity index (χ1n) is 5.22. The molecule has 1 rings (SSSR count). The zero-order valence-electron chi connectivity index (χ0n) is 10.1. The molecule has 0 aliphatic heterocycles. The van der Waals surface area contributed by atoms with E-state index < -0.39 is 0 Å². The minimum absolute atomic E-state index is 0.0668. The lowest BCUT2D eigenvalue weighted by Crippen LogP contribution is -2.27. The van der Waals surface area contributed by atoms with Gasteiger partial charge in [-0.05, 0) is 25.1 Å². The normalized spacial score (nSPS) is 12.0. The zero-order valence-corrected chi connectivity index (χ0v) is 10.1. The van der Waals surface area contributed by atoms with Gasteiger partial charge >= 0.3 is 5.97 Å². The van der Waals surface area contributed by atoms with Crippen molar-refractivity contribution in [2.24, 2.45) is 0 Å². The maximum Gasteiger partial charge on any atom is 0.319 e. The fourth-order valence-electron chi connectivity index (χ4n) is 1.46. The van der Waals surface area contributed by atoms with Crippen LogP contribution in [0.3, 0.4) is 0 Å². The SMILES string of the molecule is COC(=O)CNC(C)c1cc(F)ccc1OC. The number of carbonyl (C=O) groups is 1. The Labute approximate surface area is 99.7 Å². The van der Waals surface area contributed by atoms with Gasteiger partial charge in [0.1, 0.15) is 11.6 Å². The molecule has 0 heterocycles. The molecule has 0 bridgehead atoms. The highest BCUT2D eigenvalue weighted by Crippen LogP contribution is 2.25. The topological polar surface area (TPSA) is 47.6 Å². The van der Waals surface area contributed by atoms with E-state index in [0.717, 1.165) is 0 Å². The second kappa shape index (κ2) is 6.20. The Balaban J connectivity index is 2.76. The van der Waals surface area contributed by atoms with Crippen molar-refractivity contribution in [3.8, 4) is 5.75 Å². The van der Waals surface area contributed by atoms with Gasteiger partial charge in [-0.3, -0.25) is 4.79 Å². The number of hydrogen-bond donors (Lipinski definition) is 1. The molecule has 1 N–H and O–H groups in total. The lowest BCUT2D eigenvalue weighted by atomic mass is 10.1. The third-order valence-corrected chi connectivity index (χ3v) is 2.44. The van der Waals surface area contributed by atoms with E-state index in [-0.39, 0.29) is 24.4 Å². The van der Waals surface area contributed by atoms with Crippen LogP contribution in [0, 0.1) is 5.82 Å². The van der Waals surface area contributed by atoms with E-state index in [0.29, 0.717) is 11.3 Å². The fourth-order valence-corrected chi connectivity index (χ4v) is 1.46. The molecule has 1 aromatic carbocycles. The van der Waals surface area contributed by atoms with Crippen LogP contribution < -0.4 is 10.1 Å². The van der Waals surface area contributed by atoms with Crippen LogP contribution in [0.4, 0.5) is 4.39 Å². The number of rotatable bonds is 5. The van der Waals surface area contributed by atoms with E-state index in [1.165, 1.54) is 26.4 Å². The summed E-state index contributed by atoms with van der Waals surface area (Å²) in [5.41, 5.74) is 0.663. The molecule has 17 heavy (non-hydrogen) atoms.